The molecule has 2 N–H and O–H groups in total. The number of allylic oxidation sites excluding steroid dienone is 1. The molecule has 0 heterocycles. The number of phenols is 1. The van der Waals surface area contributed by atoms with Crippen LogP contribution in [0.4, 0.5) is 0 Å². The lowest BCUT2D eigenvalue weighted by Gasteiger charge is -2.23. The second-order valence-corrected chi connectivity index (χ2v) is 5.03. The van der Waals surface area contributed by atoms with Crippen LogP contribution in [0.2, 0.25) is 0 Å². The van der Waals surface area contributed by atoms with Crippen LogP contribution < -0.4 is 9.47 Å². The molecular weight excluding hydrogens is 304 g/mol. The number of ether oxygens (including phenoxy) is 2. The summed E-state index contributed by atoms with van der Waals surface area (Å²) < 4.78 is 10.1. The molecule has 0 fully saturated rings. The lowest BCUT2D eigenvalue weighted by molar-refractivity contribution is -0.116. The number of Topliss-reactive ketones (excluding diaryl/α,β-unsaturated/α-hetero) is 3. The minimum absolute atomic E-state index is 0.0311. The highest BCUT2D eigenvalue weighted by Crippen LogP contribution is 2.43. The minimum Gasteiger partial charge on any atom is -0.504 e. The van der Waals surface area contributed by atoms with E-state index in [1.807, 2.05) is 0 Å². The molecule has 0 amide bonds. The quantitative estimate of drug-likeness (QED) is 0.834. The van der Waals surface area contributed by atoms with Gasteiger partial charge in [0.05, 0.1) is 32.0 Å². The van der Waals surface area contributed by atoms with Crippen LogP contribution in [0, 0.1) is 0 Å². The van der Waals surface area contributed by atoms with Crippen LogP contribution in [0.3, 0.4) is 0 Å². The van der Waals surface area contributed by atoms with E-state index in [1.54, 1.807) is 0 Å². The van der Waals surface area contributed by atoms with E-state index in [0.29, 0.717) is 0 Å². The third-order valence-electron chi connectivity index (χ3n) is 3.62. The summed E-state index contributed by atoms with van der Waals surface area (Å²) in [6, 6.07) is 1.28. The summed E-state index contributed by atoms with van der Waals surface area (Å²) in [7, 11) is 2.60. The molecule has 0 aliphatic heterocycles. The number of aliphatic hydroxyl groups excluding tert-OH is 1. The first-order valence-electron chi connectivity index (χ1n) is 6.76. The number of phenolic OH excluding ortho intramolecular Hbond substituents is 1. The molecule has 0 saturated heterocycles. The van der Waals surface area contributed by atoms with Gasteiger partial charge in [-0.2, -0.15) is 0 Å². The van der Waals surface area contributed by atoms with Gasteiger partial charge < -0.3 is 19.7 Å². The number of carbonyl (C=O) groups is 3. The molecule has 0 spiro atoms. The molecule has 0 bridgehead atoms. The van der Waals surface area contributed by atoms with Crippen LogP contribution in [0.15, 0.2) is 17.2 Å². The van der Waals surface area contributed by atoms with Gasteiger partial charge in [0.15, 0.2) is 23.1 Å². The molecule has 7 nitrogen and oxygen atoms in total. The Morgan fingerprint density at radius 3 is 2.09 bits per heavy atom. The van der Waals surface area contributed by atoms with Gasteiger partial charge in [-0.05, 0) is 6.92 Å². The van der Waals surface area contributed by atoms with E-state index in [9.17, 15) is 24.6 Å². The van der Waals surface area contributed by atoms with Gasteiger partial charge in [0.25, 0.3) is 0 Å². The summed E-state index contributed by atoms with van der Waals surface area (Å²) >= 11 is 0. The Balaban J connectivity index is 2.81. The zero-order valence-electron chi connectivity index (χ0n) is 12.9. The number of aliphatic hydroxyl groups is 1. The Morgan fingerprint density at radius 2 is 1.61 bits per heavy atom. The van der Waals surface area contributed by atoms with Crippen LogP contribution in [-0.4, -0.2) is 48.4 Å². The zero-order chi connectivity index (χ0) is 17.3. The van der Waals surface area contributed by atoms with E-state index in [0.717, 1.165) is 0 Å². The number of methoxy groups -OCH3 is 2. The molecule has 1 aromatic carbocycles. The monoisotopic (exact) mass is 320 g/mol. The second kappa shape index (κ2) is 6.21. The molecule has 1 aliphatic rings. The summed E-state index contributed by atoms with van der Waals surface area (Å²) in [6.07, 6.45) is -0.307. The number of benzene rings is 1. The van der Waals surface area contributed by atoms with Crippen LogP contribution in [0.1, 0.15) is 34.1 Å². The van der Waals surface area contributed by atoms with Crippen LogP contribution in [0.25, 0.3) is 0 Å². The van der Waals surface area contributed by atoms with E-state index in [2.05, 4.69) is 0 Å². The average molecular weight is 320 g/mol. The van der Waals surface area contributed by atoms with E-state index >= 15 is 0 Å². The summed E-state index contributed by atoms with van der Waals surface area (Å²) in [5.74, 6) is -2.19. The number of aromatic hydroxyl groups is 1. The van der Waals surface area contributed by atoms with E-state index < -0.39 is 23.9 Å². The van der Waals surface area contributed by atoms with Gasteiger partial charge in [-0.1, -0.05) is 0 Å². The number of fused-ring (bicyclic) bond motifs is 1. The maximum Gasteiger partial charge on any atom is 0.196 e. The Morgan fingerprint density at radius 1 is 1.04 bits per heavy atom. The Labute approximate surface area is 132 Å². The van der Waals surface area contributed by atoms with Gasteiger partial charge in [-0.3, -0.25) is 14.4 Å². The van der Waals surface area contributed by atoms with Gasteiger partial charge in [-0.15, -0.1) is 0 Å². The standard InChI is InChI=1S/C16H16O7/c1-7(18)4-8-9(6-17)15(20)12-10(22-2)5-11(23-3)16(21)13(12)14(8)19/h5,17,21H,4,6H2,1-3H3. The van der Waals surface area contributed by atoms with Crippen LogP contribution >= 0.6 is 0 Å². The van der Waals surface area contributed by atoms with E-state index in [4.69, 9.17) is 9.47 Å². The van der Waals surface area contributed by atoms with Crippen LogP contribution in [-0.2, 0) is 4.79 Å². The Bertz CT molecular complexity index is 743. The largest absolute Gasteiger partial charge is 0.504 e. The fourth-order valence-electron chi connectivity index (χ4n) is 2.57. The summed E-state index contributed by atoms with van der Waals surface area (Å²) in [6.45, 7) is 0.573. The number of hydrogen-bond donors (Lipinski definition) is 2. The lowest BCUT2D eigenvalue weighted by Crippen LogP contribution is -2.26. The molecule has 0 radical (unpaired) electrons. The molecular formula is C16H16O7. The summed E-state index contributed by atoms with van der Waals surface area (Å²) in [5, 5.41) is 19.7. The van der Waals surface area contributed by atoms with Crippen LogP contribution in [0.5, 0.6) is 17.2 Å². The van der Waals surface area contributed by atoms with Crippen molar-refractivity contribution in [3.8, 4) is 17.2 Å². The second-order valence-electron chi connectivity index (χ2n) is 5.03. The van der Waals surface area contributed by atoms with Gasteiger partial charge in [-0.25, -0.2) is 0 Å². The van der Waals surface area contributed by atoms with Crippen molar-refractivity contribution in [3.05, 3.63) is 28.3 Å². The molecule has 23 heavy (non-hydrogen) atoms. The zero-order valence-corrected chi connectivity index (χ0v) is 12.9. The number of rotatable bonds is 5. The molecule has 122 valence electrons. The van der Waals surface area contributed by atoms with Crippen molar-refractivity contribution < 1.29 is 34.1 Å². The first-order chi connectivity index (χ1) is 10.9. The summed E-state index contributed by atoms with van der Waals surface area (Å²) in [4.78, 5) is 36.7. The van der Waals surface area contributed by atoms with Gasteiger partial charge in [0, 0.05) is 23.6 Å². The fourth-order valence-corrected chi connectivity index (χ4v) is 2.57. The molecule has 0 aromatic heterocycles. The highest BCUT2D eigenvalue weighted by atomic mass is 16.5. The molecule has 0 saturated carbocycles. The molecule has 1 aromatic rings. The van der Waals surface area contributed by atoms with Crippen molar-refractivity contribution in [3.63, 3.8) is 0 Å². The van der Waals surface area contributed by atoms with Crippen molar-refractivity contribution in [1.29, 1.82) is 0 Å². The lowest BCUT2D eigenvalue weighted by atomic mass is 9.81. The Kier molecular flexibility index (Phi) is 4.51. The predicted octanol–water partition coefficient (Wildman–Crippen LogP) is 1.06. The molecule has 0 unspecified atom stereocenters. The number of ketones is 3. The van der Waals surface area contributed by atoms with Crippen molar-refractivity contribution >= 4 is 17.3 Å². The normalized spacial score (nSPS) is 13.9. The van der Waals surface area contributed by atoms with Crippen molar-refractivity contribution in [2.45, 2.75) is 13.3 Å². The number of hydrogen-bond acceptors (Lipinski definition) is 7. The van der Waals surface area contributed by atoms with Gasteiger partial charge in [0.2, 0.25) is 0 Å². The maximum absolute atomic E-state index is 12.7. The highest BCUT2D eigenvalue weighted by Gasteiger charge is 2.38. The molecule has 7 heteroatoms. The third-order valence-corrected chi connectivity index (χ3v) is 3.62. The fraction of sp³-hybridized carbons (Fsp3) is 0.312. The van der Waals surface area contributed by atoms with Gasteiger partial charge in [0.1, 0.15) is 11.5 Å². The maximum atomic E-state index is 12.7. The predicted molar refractivity (Wildman–Crippen MR) is 79.3 cm³/mol. The van der Waals surface area contributed by atoms with E-state index in [1.165, 1.54) is 27.2 Å². The Hall–Kier alpha value is -2.67. The SMILES string of the molecule is COc1cc(OC)c2c(c1O)C(=O)C(CC(C)=O)=C(CO)C2=O. The topological polar surface area (TPSA) is 110 Å². The highest BCUT2D eigenvalue weighted by molar-refractivity contribution is 6.30. The third kappa shape index (κ3) is 2.59. The molecule has 2 rings (SSSR count). The number of carbonyl (C=O) groups excluding carboxylic acids is 3. The van der Waals surface area contributed by atoms with Crippen molar-refractivity contribution in [1.82, 2.24) is 0 Å². The van der Waals surface area contributed by atoms with Gasteiger partial charge >= 0.3 is 0 Å². The smallest absolute Gasteiger partial charge is 0.196 e. The summed E-state index contributed by atoms with van der Waals surface area (Å²) in [5.41, 5.74) is -0.713. The molecule has 0 atom stereocenters. The first-order valence-corrected chi connectivity index (χ1v) is 6.76. The van der Waals surface area contributed by atoms with Crippen molar-refractivity contribution in [2.75, 3.05) is 20.8 Å². The average Bonchev–Trinajstić information content (AvgIpc) is 2.51. The first kappa shape index (κ1) is 16.7. The minimum atomic E-state index is -0.700. The van der Waals surface area contributed by atoms with Crippen molar-refractivity contribution in [2.24, 2.45) is 0 Å². The van der Waals surface area contributed by atoms with E-state index in [-0.39, 0.29) is 46.0 Å². The molecule has 1 aliphatic carbocycles.